The van der Waals surface area contributed by atoms with Gasteiger partial charge >= 0.3 is 0 Å². The zero-order valence-electron chi connectivity index (χ0n) is 12.5. The topological polar surface area (TPSA) is 43.8 Å². The summed E-state index contributed by atoms with van der Waals surface area (Å²) in [5, 5.41) is 10.2. The molecule has 1 amide bonds. The van der Waals surface area contributed by atoms with E-state index in [1.807, 2.05) is 37.9 Å². The van der Waals surface area contributed by atoms with Crippen LogP contribution in [0.4, 0.5) is 0 Å². The van der Waals surface area contributed by atoms with Crippen molar-refractivity contribution < 1.29 is 9.90 Å². The number of rotatable bonds is 5. The van der Waals surface area contributed by atoms with Gasteiger partial charge < -0.3 is 10.0 Å². The summed E-state index contributed by atoms with van der Waals surface area (Å²) in [6.45, 7) is 4.79. The van der Waals surface area contributed by atoms with Crippen molar-refractivity contribution in [2.45, 2.75) is 20.0 Å². The molecule has 1 rings (SSSR count). The minimum Gasteiger partial charge on any atom is -0.387 e. The normalized spacial score (nSPS) is 12.6. The summed E-state index contributed by atoms with van der Waals surface area (Å²) in [6.07, 6.45) is -0.571. The van der Waals surface area contributed by atoms with E-state index in [1.165, 1.54) is 0 Å². The molecule has 106 valence electrons. The number of nitrogens with zero attached hydrogens (tertiary/aromatic N) is 2. The molecular weight excluding hydrogens is 240 g/mol. The highest BCUT2D eigenvalue weighted by atomic mass is 16.3. The van der Waals surface area contributed by atoms with Gasteiger partial charge in [0.25, 0.3) is 0 Å². The molecule has 0 fully saturated rings. The van der Waals surface area contributed by atoms with E-state index in [0.717, 1.165) is 16.7 Å². The summed E-state index contributed by atoms with van der Waals surface area (Å²) >= 11 is 0. The monoisotopic (exact) mass is 264 g/mol. The van der Waals surface area contributed by atoms with Crippen LogP contribution in [-0.4, -0.2) is 55.0 Å². The number of aliphatic hydroxyl groups excluding tert-OH is 1. The number of aliphatic hydroxyl groups is 1. The van der Waals surface area contributed by atoms with E-state index in [4.69, 9.17) is 0 Å². The second kappa shape index (κ2) is 6.68. The van der Waals surface area contributed by atoms with Crippen molar-refractivity contribution in [2.75, 3.05) is 34.2 Å². The molecule has 1 unspecified atom stereocenters. The molecule has 1 N–H and O–H groups in total. The summed E-state index contributed by atoms with van der Waals surface area (Å²) in [6, 6.07) is 6.05. The molecule has 0 aliphatic rings. The number of carbonyl (C=O) groups excluding carboxylic acids is 1. The molecule has 0 aliphatic heterocycles. The first kappa shape index (κ1) is 15.7. The molecule has 0 bridgehead atoms. The lowest BCUT2D eigenvalue weighted by atomic mass is 10.0. The Labute approximate surface area is 115 Å². The van der Waals surface area contributed by atoms with Crippen LogP contribution in [0.15, 0.2) is 18.2 Å². The Morgan fingerprint density at radius 3 is 2.16 bits per heavy atom. The van der Waals surface area contributed by atoms with Gasteiger partial charge in [-0.2, -0.15) is 0 Å². The van der Waals surface area contributed by atoms with Crippen molar-refractivity contribution in [3.05, 3.63) is 34.9 Å². The van der Waals surface area contributed by atoms with E-state index in [1.54, 1.807) is 19.0 Å². The molecule has 0 saturated carbocycles. The fourth-order valence-corrected chi connectivity index (χ4v) is 2.04. The van der Waals surface area contributed by atoms with Crippen molar-refractivity contribution in [2.24, 2.45) is 0 Å². The van der Waals surface area contributed by atoms with E-state index in [9.17, 15) is 9.90 Å². The minimum atomic E-state index is -0.571. The first-order valence-electron chi connectivity index (χ1n) is 6.44. The Hall–Kier alpha value is -1.39. The van der Waals surface area contributed by atoms with Gasteiger partial charge in [-0.1, -0.05) is 29.3 Å². The predicted molar refractivity (Wildman–Crippen MR) is 77.1 cm³/mol. The molecule has 0 heterocycles. The van der Waals surface area contributed by atoms with Crippen LogP contribution in [0.2, 0.25) is 0 Å². The van der Waals surface area contributed by atoms with Crippen LogP contribution in [0.1, 0.15) is 22.8 Å². The highest BCUT2D eigenvalue weighted by Crippen LogP contribution is 2.17. The number of carbonyl (C=O) groups is 1. The fourth-order valence-electron chi connectivity index (χ4n) is 2.04. The van der Waals surface area contributed by atoms with Gasteiger partial charge in [-0.25, -0.2) is 0 Å². The van der Waals surface area contributed by atoms with E-state index in [0.29, 0.717) is 13.1 Å². The molecule has 1 atom stereocenters. The highest BCUT2D eigenvalue weighted by Gasteiger charge is 2.14. The Bertz CT molecular complexity index is 424. The van der Waals surface area contributed by atoms with Crippen LogP contribution >= 0.6 is 0 Å². The largest absolute Gasteiger partial charge is 0.387 e. The SMILES string of the molecule is Cc1cc(C)cc(C(O)CN(C)CC(=O)N(C)C)c1. The van der Waals surface area contributed by atoms with Gasteiger partial charge in [0.15, 0.2) is 0 Å². The predicted octanol–water partition coefficient (Wildman–Crippen LogP) is 1.36. The van der Waals surface area contributed by atoms with Crippen LogP contribution in [-0.2, 0) is 4.79 Å². The molecule has 4 heteroatoms. The lowest BCUT2D eigenvalue weighted by Crippen LogP contribution is -2.36. The first-order valence-corrected chi connectivity index (χ1v) is 6.44. The molecule has 19 heavy (non-hydrogen) atoms. The molecule has 0 aromatic heterocycles. The van der Waals surface area contributed by atoms with Crippen LogP contribution in [0, 0.1) is 13.8 Å². The Morgan fingerprint density at radius 2 is 1.68 bits per heavy atom. The number of amides is 1. The Balaban J connectivity index is 2.63. The second-order valence-electron chi connectivity index (χ2n) is 5.42. The molecule has 1 aromatic carbocycles. The summed E-state index contributed by atoms with van der Waals surface area (Å²) in [5.41, 5.74) is 3.18. The van der Waals surface area contributed by atoms with Gasteiger partial charge in [0.2, 0.25) is 5.91 Å². The summed E-state index contributed by atoms with van der Waals surface area (Å²) in [4.78, 5) is 15.0. The van der Waals surface area contributed by atoms with Gasteiger partial charge in [-0.05, 0) is 26.5 Å². The Morgan fingerprint density at radius 1 is 1.16 bits per heavy atom. The quantitative estimate of drug-likeness (QED) is 0.873. The van der Waals surface area contributed by atoms with E-state index >= 15 is 0 Å². The summed E-state index contributed by atoms with van der Waals surface area (Å²) in [7, 11) is 5.31. The third kappa shape index (κ3) is 5.01. The highest BCUT2D eigenvalue weighted by molar-refractivity contribution is 5.77. The van der Waals surface area contributed by atoms with Gasteiger partial charge in [-0.15, -0.1) is 0 Å². The average molecular weight is 264 g/mol. The van der Waals surface area contributed by atoms with E-state index < -0.39 is 6.10 Å². The third-order valence-electron chi connectivity index (χ3n) is 3.02. The molecule has 0 radical (unpaired) electrons. The minimum absolute atomic E-state index is 0.0372. The molecular formula is C15H24N2O2. The van der Waals surface area contributed by atoms with Gasteiger partial charge in [0.05, 0.1) is 12.6 Å². The summed E-state index contributed by atoms with van der Waals surface area (Å²) in [5.74, 6) is 0.0372. The number of likely N-dealkylation sites (N-methyl/N-ethyl adjacent to an activating group) is 2. The first-order chi connectivity index (χ1) is 8.79. The maximum Gasteiger partial charge on any atom is 0.236 e. The van der Waals surface area contributed by atoms with Crippen molar-refractivity contribution in [3.63, 3.8) is 0 Å². The van der Waals surface area contributed by atoms with Crippen LogP contribution in [0.25, 0.3) is 0 Å². The lowest BCUT2D eigenvalue weighted by molar-refractivity contribution is -0.129. The second-order valence-corrected chi connectivity index (χ2v) is 5.42. The smallest absolute Gasteiger partial charge is 0.236 e. The molecule has 4 nitrogen and oxygen atoms in total. The van der Waals surface area contributed by atoms with Crippen molar-refractivity contribution in [1.29, 1.82) is 0 Å². The van der Waals surface area contributed by atoms with E-state index in [-0.39, 0.29) is 5.91 Å². The number of hydrogen-bond acceptors (Lipinski definition) is 3. The maximum atomic E-state index is 11.6. The van der Waals surface area contributed by atoms with Gasteiger partial charge in [-0.3, -0.25) is 9.69 Å². The molecule has 0 spiro atoms. The number of hydrogen-bond donors (Lipinski definition) is 1. The zero-order valence-corrected chi connectivity index (χ0v) is 12.5. The Kier molecular flexibility index (Phi) is 5.51. The average Bonchev–Trinajstić information content (AvgIpc) is 2.26. The van der Waals surface area contributed by atoms with Crippen molar-refractivity contribution in [1.82, 2.24) is 9.80 Å². The number of benzene rings is 1. The van der Waals surface area contributed by atoms with Crippen LogP contribution < -0.4 is 0 Å². The third-order valence-corrected chi connectivity index (χ3v) is 3.02. The molecule has 0 saturated heterocycles. The zero-order chi connectivity index (χ0) is 14.6. The molecule has 1 aromatic rings. The van der Waals surface area contributed by atoms with Crippen LogP contribution in [0.5, 0.6) is 0 Å². The fraction of sp³-hybridized carbons (Fsp3) is 0.533. The van der Waals surface area contributed by atoms with Gasteiger partial charge in [0, 0.05) is 20.6 Å². The van der Waals surface area contributed by atoms with E-state index in [2.05, 4.69) is 6.07 Å². The summed E-state index contributed by atoms with van der Waals surface area (Å²) < 4.78 is 0. The maximum absolute atomic E-state index is 11.6. The molecule has 0 aliphatic carbocycles. The standard InChI is InChI=1S/C15H24N2O2/c1-11-6-12(2)8-13(7-11)14(18)9-17(5)10-15(19)16(3)4/h6-8,14,18H,9-10H2,1-5H3. The van der Waals surface area contributed by atoms with Gasteiger partial charge in [0.1, 0.15) is 0 Å². The van der Waals surface area contributed by atoms with Crippen molar-refractivity contribution in [3.8, 4) is 0 Å². The van der Waals surface area contributed by atoms with Crippen LogP contribution in [0.3, 0.4) is 0 Å². The van der Waals surface area contributed by atoms with Crippen molar-refractivity contribution >= 4 is 5.91 Å². The number of aryl methyl sites for hydroxylation is 2. The lowest BCUT2D eigenvalue weighted by Gasteiger charge is -2.22.